The Morgan fingerprint density at radius 3 is 2.67 bits per heavy atom. The van der Waals surface area contributed by atoms with Gasteiger partial charge in [-0.2, -0.15) is 28.4 Å². The third-order valence-electron chi connectivity index (χ3n) is 6.23. The molecule has 10 nitrogen and oxygen atoms in total. The minimum absolute atomic E-state index is 0.0703. The molecular formula is C23H19F3N8O2. The maximum absolute atomic E-state index is 13.0. The molecule has 1 aliphatic rings. The quantitative estimate of drug-likeness (QED) is 0.350. The molecule has 0 spiro atoms. The molecule has 36 heavy (non-hydrogen) atoms. The van der Waals surface area contributed by atoms with E-state index in [0.717, 1.165) is 22.2 Å². The van der Waals surface area contributed by atoms with Crippen molar-refractivity contribution >= 4 is 16.7 Å². The average Bonchev–Trinajstić information content (AvgIpc) is 3.35. The van der Waals surface area contributed by atoms with Crippen molar-refractivity contribution in [2.24, 2.45) is 0 Å². The molecular weight excluding hydrogens is 477 g/mol. The van der Waals surface area contributed by atoms with Gasteiger partial charge >= 0.3 is 12.2 Å². The van der Waals surface area contributed by atoms with E-state index in [1.165, 1.54) is 20.4 Å². The third kappa shape index (κ3) is 3.85. The Hall–Kier alpha value is -4.29. The zero-order valence-corrected chi connectivity index (χ0v) is 19.1. The molecule has 0 bridgehead atoms. The van der Waals surface area contributed by atoms with Gasteiger partial charge in [0.1, 0.15) is 12.1 Å². The highest BCUT2D eigenvalue weighted by Gasteiger charge is 2.42. The summed E-state index contributed by atoms with van der Waals surface area (Å²) >= 11 is 0. The van der Waals surface area contributed by atoms with E-state index in [1.54, 1.807) is 35.4 Å². The second kappa shape index (κ2) is 8.14. The molecule has 2 atom stereocenters. The fourth-order valence-corrected chi connectivity index (χ4v) is 4.50. The van der Waals surface area contributed by atoms with Gasteiger partial charge in [-0.25, -0.2) is 14.5 Å². The van der Waals surface area contributed by atoms with Crippen LogP contribution in [0.2, 0.25) is 0 Å². The molecule has 13 heteroatoms. The monoisotopic (exact) mass is 496 g/mol. The SMILES string of the molecule is COc1ncc(-c2cc(C3C[C@@H]3c3cnc4cnn(CC(F)(F)F)c4c3)c3nccn3n2)c(OC)n1. The van der Waals surface area contributed by atoms with Crippen LogP contribution in [0.1, 0.15) is 29.4 Å². The van der Waals surface area contributed by atoms with Crippen molar-refractivity contribution in [3.05, 3.63) is 54.2 Å². The van der Waals surface area contributed by atoms with Crippen LogP contribution in [0.3, 0.4) is 0 Å². The van der Waals surface area contributed by atoms with E-state index in [0.29, 0.717) is 33.8 Å². The van der Waals surface area contributed by atoms with Crippen molar-refractivity contribution in [2.45, 2.75) is 31.0 Å². The number of aromatic nitrogens is 8. The van der Waals surface area contributed by atoms with Gasteiger partial charge in [0.2, 0.25) is 5.88 Å². The van der Waals surface area contributed by atoms with Crippen molar-refractivity contribution in [2.75, 3.05) is 14.2 Å². The van der Waals surface area contributed by atoms with Gasteiger partial charge in [-0.05, 0) is 36.0 Å². The first-order chi connectivity index (χ1) is 17.3. The summed E-state index contributed by atoms with van der Waals surface area (Å²) in [6, 6.07) is 3.85. The van der Waals surface area contributed by atoms with Crippen LogP contribution in [0.25, 0.3) is 27.9 Å². The summed E-state index contributed by atoms with van der Waals surface area (Å²) in [4.78, 5) is 17.3. The summed E-state index contributed by atoms with van der Waals surface area (Å²) in [7, 11) is 2.98. The Balaban J connectivity index is 1.37. The predicted molar refractivity (Wildman–Crippen MR) is 121 cm³/mol. The molecule has 6 rings (SSSR count). The first kappa shape index (κ1) is 22.2. The minimum atomic E-state index is -4.37. The van der Waals surface area contributed by atoms with Crippen LogP contribution in [0, 0.1) is 0 Å². The first-order valence-corrected chi connectivity index (χ1v) is 11.0. The number of ether oxygens (including phenoxy) is 2. The van der Waals surface area contributed by atoms with Crippen LogP contribution in [-0.4, -0.2) is 59.7 Å². The summed E-state index contributed by atoms with van der Waals surface area (Å²) < 4.78 is 52.1. The van der Waals surface area contributed by atoms with E-state index < -0.39 is 12.7 Å². The van der Waals surface area contributed by atoms with Gasteiger partial charge in [-0.15, -0.1) is 0 Å². The smallest absolute Gasteiger partial charge is 0.408 e. The largest absolute Gasteiger partial charge is 0.480 e. The molecule has 5 heterocycles. The molecule has 5 aromatic rings. The van der Waals surface area contributed by atoms with Crippen molar-refractivity contribution in [1.82, 2.24) is 39.3 Å². The summed E-state index contributed by atoms with van der Waals surface area (Å²) in [5.41, 5.74) is 4.48. The molecule has 5 aromatic heterocycles. The van der Waals surface area contributed by atoms with E-state index >= 15 is 0 Å². The van der Waals surface area contributed by atoms with E-state index in [9.17, 15) is 13.2 Å². The Labute approximate surface area is 201 Å². The van der Waals surface area contributed by atoms with Gasteiger partial charge in [0.25, 0.3) is 0 Å². The van der Waals surface area contributed by atoms with Gasteiger partial charge in [0.05, 0.1) is 37.2 Å². The number of halogens is 3. The second-order valence-corrected chi connectivity index (χ2v) is 8.50. The van der Waals surface area contributed by atoms with Gasteiger partial charge < -0.3 is 9.47 Å². The van der Waals surface area contributed by atoms with Crippen LogP contribution in [-0.2, 0) is 6.54 Å². The van der Waals surface area contributed by atoms with Gasteiger partial charge in [-0.3, -0.25) is 9.67 Å². The maximum Gasteiger partial charge on any atom is 0.408 e. The Bertz CT molecular complexity index is 1600. The topological polar surface area (TPSA) is 105 Å². The highest BCUT2D eigenvalue weighted by molar-refractivity contribution is 5.75. The highest BCUT2D eigenvalue weighted by Crippen LogP contribution is 2.56. The molecule has 184 valence electrons. The summed E-state index contributed by atoms with van der Waals surface area (Å²) in [6.07, 6.45) is 4.48. The fraction of sp³-hybridized carbons (Fsp3) is 0.304. The Morgan fingerprint density at radius 2 is 1.89 bits per heavy atom. The van der Waals surface area contributed by atoms with Gasteiger partial charge in [0, 0.05) is 30.4 Å². The number of rotatable bonds is 6. The second-order valence-electron chi connectivity index (χ2n) is 8.50. The number of methoxy groups -OCH3 is 2. The van der Waals surface area contributed by atoms with Crippen molar-refractivity contribution in [1.29, 1.82) is 0 Å². The lowest BCUT2D eigenvalue weighted by molar-refractivity contribution is -0.141. The number of pyridine rings is 1. The molecule has 0 amide bonds. The standard InChI is InChI=1S/C23H19F3N8O2/c1-35-21-16(9-29-22(31-21)36-2)17-7-15(20-27-3-4-33(20)32-17)14-6-13(14)12-5-19-18(28-8-12)10-30-34(19)11-23(24,25)26/h3-5,7-10,13-14H,6,11H2,1-2H3/t13-,14?/m1/s1. The van der Waals surface area contributed by atoms with Gasteiger partial charge in [-0.1, -0.05) is 0 Å². The predicted octanol–water partition coefficient (Wildman–Crippen LogP) is 3.78. The van der Waals surface area contributed by atoms with Crippen molar-refractivity contribution in [3.63, 3.8) is 0 Å². The summed E-state index contributed by atoms with van der Waals surface area (Å²) in [5.74, 6) is 0.473. The molecule has 0 radical (unpaired) electrons. The molecule has 1 unspecified atom stereocenters. The fourth-order valence-electron chi connectivity index (χ4n) is 4.50. The average molecular weight is 496 g/mol. The lowest BCUT2D eigenvalue weighted by Gasteiger charge is -2.11. The summed E-state index contributed by atoms with van der Waals surface area (Å²) in [5, 5.41) is 8.51. The van der Waals surface area contributed by atoms with E-state index in [1.807, 2.05) is 6.07 Å². The Kier molecular flexibility index (Phi) is 5.02. The van der Waals surface area contributed by atoms with Crippen LogP contribution < -0.4 is 9.47 Å². The van der Waals surface area contributed by atoms with Crippen LogP contribution in [0.5, 0.6) is 11.9 Å². The Morgan fingerprint density at radius 1 is 1.03 bits per heavy atom. The van der Waals surface area contributed by atoms with Crippen molar-refractivity contribution < 1.29 is 22.6 Å². The van der Waals surface area contributed by atoms with Gasteiger partial charge in [0.15, 0.2) is 5.65 Å². The van der Waals surface area contributed by atoms with Crippen LogP contribution in [0.4, 0.5) is 13.2 Å². The molecule has 0 saturated heterocycles. The van der Waals surface area contributed by atoms with E-state index in [4.69, 9.17) is 9.47 Å². The highest BCUT2D eigenvalue weighted by atomic mass is 19.4. The van der Waals surface area contributed by atoms with E-state index in [-0.39, 0.29) is 17.8 Å². The lowest BCUT2D eigenvalue weighted by Crippen LogP contribution is -2.18. The number of fused-ring (bicyclic) bond motifs is 2. The maximum atomic E-state index is 13.0. The number of imidazole rings is 1. The number of alkyl halides is 3. The van der Waals surface area contributed by atoms with Crippen molar-refractivity contribution in [3.8, 4) is 23.1 Å². The molecule has 0 N–H and O–H groups in total. The molecule has 1 saturated carbocycles. The summed E-state index contributed by atoms with van der Waals surface area (Å²) in [6.45, 7) is -1.16. The molecule has 0 aromatic carbocycles. The van der Waals surface area contributed by atoms with Crippen LogP contribution in [0.15, 0.2) is 43.1 Å². The zero-order valence-electron chi connectivity index (χ0n) is 19.1. The normalized spacial score (nSPS) is 17.6. The first-order valence-electron chi connectivity index (χ1n) is 11.0. The van der Waals surface area contributed by atoms with Crippen LogP contribution >= 0.6 is 0 Å². The lowest BCUT2D eigenvalue weighted by atomic mass is 10.0. The number of hydrogen-bond acceptors (Lipinski definition) is 8. The minimum Gasteiger partial charge on any atom is -0.480 e. The molecule has 1 fully saturated rings. The molecule has 1 aliphatic carbocycles. The third-order valence-corrected chi connectivity index (χ3v) is 6.23. The zero-order chi connectivity index (χ0) is 25.0. The molecule has 0 aliphatic heterocycles. The van der Waals surface area contributed by atoms with E-state index in [2.05, 4.69) is 30.1 Å². The number of hydrogen-bond donors (Lipinski definition) is 0. The number of nitrogens with zero attached hydrogens (tertiary/aromatic N) is 8.